The van der Waals surface area contributed by atoms with E-state index in [1.165, 1.54) is 6.07 Å². The van der Waals surface area contributed by atoms with Gasteiger partial charge in [0.25, 0.3) is 0 Å². The van der Waals surface area contributed by atoms with Crippen LogP contribution in [0.25, 0.3) is 0 Å². The lowest BCUT2D eigenvalue weighted by Gasteiger charge is -2.16. The fraction of sp³-hybridized carbons (Fsp3) is 0.350. The molecule has 0 bridgehead atoms. The van der Waals surface area contributed by atoms with Crippen molar-refractivity contribution in [2.45, 2.75) is 26.6 Å². The van der Waals surface area contributed by atoms with E-state index >= 15 is 0 Å². The van der Waals surface area contributed by atoms with E-state index < -0.39 is 6.61 Å². The Morgan fingerprint density at radius 2 is 1.76 bits per heavy atom. The number of rotatable bonds is 8. The second-order valence-electron chi connectivity index (χ2n) is 6.01. The van der Waals surface area contributed by atoms with Crippen molar-refractivity contribution in [3.8, 4) is 23.0 Å². The number of guanidine groups is 1. The van der Waals surface area contributed by atoms with E-state index in [1.54, 1.807) is 13.1 Å². The predicted octanol–water partition coefficient (Wildman–Crippen LogP) is 3.28. The zero-order chi connectivity index (χ0) is 20.6. The predicted molar refractivity (Wildman–Crippen MR) is 104 cm³/mol. The second kappa shape index (κ2) is 9.81. The molecule has 1 aliphatic rings. The van der Waals surface area contributed by atoms with E-state index in [-0.39, 0.29) is 19.1 Å². The topological polar surface area (TPSA) is 73.3 Å². The SMILES string of the molecule is CCOc1ccccc1CNC(=NC)NCc1cc2c(cc1OC(F)F)OCO2. The quantitative estimate of drug-likeness (QED) is 0.517. The van der Waals surface area contributed by atoms with Gasteiger partial charge in [-0.05, 0) is 19.1 Å². The summed E-state index contributed by atoms with van der Waals surface area (Å²) in [6.07, 6.45) is 0. The van der Waals surface area contributed by atoms with E-state index in [0.717, 1.165) is 11.3 Å². The van der Waals surface area contributed by atoms with E-state index in [0.29, 0.717) is 36.2 Å². The van der Waals surface area contributed by atoms with Gasteiger partial charge in [0.1, 0.15) is 11.5 Å². The van der Waals surface area contributed by atoms with Gasteiger partial charge in [-0.1, -0.05) is 18.2 Å². The number of benzene rings is 2. The normalized spacial score (nSPS) is 12.8. The number of hydrogen-bond acceptors (Lipinski definition) is 5. The van der Waals surface area contributed by atoms with Gasteiger partial charge < -0.3 is 29.6 Å². The highest BCUT2D eigenvalue weighted by Gasteiger charge is 2.20. The van der Waals surface area contributed by atoms with Crippen LogP contribution in [0.15, 0.2) is 41.4 Å². The Hall–Kier alpha value is -3.23. The highest BCUT2D eigenvalue weighted by molar-refractivity contribution is 5.79. The maximum Gasteiger partial charge on any atom is 0.387 e. The van der Waals surface area contributed by atoms with Crippen LogP contribution in [-0.2, 0) is 13.1 Å². The Balaban J connectivity index is 1.65. The lowest BCUT2D eigenvalue weighted by Crippen LogP contribution is -2.36. The number of ether oxygens (including phenoxy) is 4. The molecule has 0 saturated carbocycles. The molecule has 0 radical (unpaired) electrons. The number of para-hydroxylation sites is 1. The maximum absolute atomic E-state index is 12.8. The first-order chi connectivity index (χ1) is 14.1. The molecule has 0 fully saturated rings. The minimum atomic E-state index is -2.94. The van der Waals surface area contributed by atoms with Crippen molar-refractivity contribution in [3.63, 3.8) is 0 Å². The average Bonchev–Trinajstić information content (AvgIpc) is 3.16. The third-order valence-electron chi connectivity index (χ3n) is 4.16. The molecular weight excluding hydrogens is 384 g/mol. The maximum atomic E-state index is 12.8. The van der Waals surface area contributed by atoms with Crippen LogP contribution in [0.1, 0.15) is 18.1 Å². The van der Waals surface area contributed by atoms with Crippen molar-refractivity contribution < 1.29 is 27.7 Å². The lowest BCUT2D eigenvalue weighted by atomic mass is 10.1. The lowest BCUT2D eigenvalue weighted by molar-refractivity contribution is -0.0505. The Morgan fingerprint density at radius 1 is 1.07 bits per heavy atom. The molecule has 0 aromatic heterocycles. The fourth-order valence-corrected chi connectivity index (χ4v) is 2.83. The van der Waals surface area contributed by atoms with E-state index in [1.807, 2.05) is 31.2 Å². The van der Waals surface area contributed by atoms with Gasteiger partial charge in [-0.2, -0.15) is 8.78 Å². The van der Waals surface area contributed by atoms with Crippen LogP contribution in [0.4, 0.5) is 8.78 Å². The minimum Gasteiger partial charge on any atom is -0.494 e. The van der Waals surface area contributed by atoms with E-state index in [9.17, 15) is 8.78 Å². The van der Waals surface area contributed by atoms with E-state index in [2.05, 4.69) is 20.4 Å². The van der Waals surface area contributed by atoms with Crippen molar-refractivity contribution >= 4 is 5.96 Å². The largest absolute Gasteiger partial charge is 0.494 e. The molecule has 0 atom stereocenters. The van der Waals surface area contributed by atoms with Crippen LogP contribution in [0, 0.1) is 0 Å². The summed E-state index contributed by atoms with van der Waals surface area (Å²) in [6, 6.07) is 10.7. The van der Waals surface area contributed by atoms with E-state index in [4.69, 9.17) is 14.2 Å². The molecule has 1 aliphatic heterocycles. The van der Waals surface area contributed by atoms with Gasteiger partial charge in [-0.3, -0.25) is 4.99 Å². The molecule has 0 amide bonds. The van der Waals surface area contributed by atoms with Crippen LogP contribution in [0.2, 0.25) is 0 Å². The highest BCUT2D eigenvalue weighted by Crippen LogP contribution is 2.38. The summed E-state index contributed by atoms with van der Waals surface area (Å²) in [5.74, 6) is 2.17. The standard InChI is InChI=1S/C20H23F2N3O4/c1-3-26-15-7-5-4-6-13(15)10-24-20(23-2)25-11-14-8-17-18(28-12-27-17)9-16(14)29-19(21)22/h4-9,19H,3,10-12H2,1-2H3,(H2,23,24,25). The zero-order valence-electron chi connectivity index (χ0n) is 16.2. The van der Waals surface area contributed by atoms with Crippen LogP contribution in [0.5, 0.6) is 23.0 Å². The van der Waals surface area contributed by atoms with Crippen molar-refractivity contribution in [2.75, 3.05) is 20.4 Å². The first-order valence-corrected chi connectivity index (χ1v) is 9.13. The molecule has 0 spiro atoms. The van der Waals surface area contributed by atoms with Crippen molar-refractivity contribution in [3.05, 3.63) is 47.5 Å². The molecule has 0 saturated heterocycles. The number of alkyl halides is 2. The van der Waals surface area contributed by atoms with Crippen LogP contribution < -0.4 is 29.6 Å². The van der Waals surface area contributed by atoms with Gasteiger partial charge in [0.05, 0.1) is 6.61 Å². The van der Waals surface area contributed by atoms with Crippen LogP contribution >= 0.6 is 0 Å². The molecule has 0 aliphatic carbocycles. The summed E-state index contributed by atoms with van der Waals surface area (Å²) in [5, 5.41) is 6.27. The Morgan fingerprint density at radius 3 is 2.45 bits per heavy atom. The first kappa shape index (κ1) is 20.5. The third-order valence-corrected chi connectivity index (χ3v) is 4.16. The second-order valence-corrected chi connectivity index (χ2v) is 6.01. The van der Waals surface area contributed by atoms with Gasteiger partial charge in [-0.25, -0.2) is 0 Å². The van der Waals surface area contributed by atoms with Crippen molar-refractivity contribution in [1.82, 2.24) is 10.6 Å². The molecule has 2 aromatic rings. The molecular formula is C20H23F2N3O4. The number of nitrogens with one attached hydrogen (secondary N) is 2. The number of fused-ring (bicyclic) bond motifs is 1. The Kier molecular flexibility index (Phi) is 6.94. The van der Waals surface area contributed by atoms with Crippen molar-refractivity contribution in [2.24, 2.45) is 4.99 Å². The molecule has 3 rings (SSSR count). The molecule has 2 aromatic carbocycles. The summed E-state index contributed by atoms with van der Waals surface area (Å²) in [4.78, 5) is 4.17. The first-order valence-electron chi connectivity index (χ1n) is 9.13. The van der Waals surface area contributed by atoms with Gasteiger partial charge in [0, 0.05) is 37.3 Å². The number of halogens is 2. The van der Waals surface area contributed by atoms with Gasteiger partial charge in [0.2, 0.25) is 6.79 Å². The molecule has 156 valence electrons. The summed E-state index contributed by atoms with van der Waals surface area (Å²) in [5.41, 5.74) is 1.47. The van der Waals surface area contributed by atoms with Gasteiger partial charge in [-0.15, -0.1) is 0 Å². The van der Waals surface area contributed by atoms with Crippen molar-refractivity contribution in [1.29, 1.82) is 0 Å². The van der Waals surface area contributed by atoms with Crippen LogP contribution in [-0.4, -0.2) is 33.0 Å². The molecule has 2 N–H and O–H groups in total. The Labute approximate surface area is 167 Å². The smallest absolute Gasteiger partial charge is 0.387 e. The third kappa shape index (κ3) is 5.40. The Bertz CT molecular complexity index is 862. The van der Waals surface area contributed by atoms with Gasteiger partial charge >= 0.3 is 6.61 Å². The minimum absolute atomic E-state index is 0.0221. The molecule has 0 unspecified atom stereocenters. The average molecular weight is 407 g/mol. The zero-order valence-corrected chi connectivity index (χ0v) is 16.2. The molecule has 1 heterocycles. The highest BCUT2D eigenvalue weighted by atomic mass is 19.3. The van der Waals surface area contributed by atoms with Gasteiger partial charge in [0.15, 0.2) is 17.5 Å². The monoisotopic (exact) mass is 407 g/mol. The van der Waals surface area contributed by atoms with Crippen LogP contribution in [0.3, 0.4) is 0 Å². The summed E-state index contributed by atoms with van der Waals surface area (Å²) >= 11 is 0. The number of hydrogen-bond donors (Lipinski definition) is 2. The summed E-state index contributed by atoms with van der Waals surface area (Å²) < 4.78 is 46.3. The molecule has 29 heavy (non-hydrogen) atoms. The summed E-state index contributed by atoms with van der Waals surface area (Å²) in [7, 11) is 1.62. The summed E-state index contributed by atoms with van der Waals surface area (Å²) in [6.45, 7) is 0.281. The fourth-order valence-electron chi connectivity index (χ4n) is 2.83. The molecule has 9 heteroatoms. The molecule has 7 nitrogen and oxygen atoms in total. The number of nitrogens with zero attached hydrogens (tertiary/aromatic N) is 1. The number of aliphatic imine (C=N–C) groups is 1.